The van der Waals surface area contributed by atoms with Crippen LogP contribution in [-0.2, 0) is 16.1 Å². The number of ether oxygens (including phenoxy) is 1. The summed E-state index contributed by atoms with van der Waals surface area (Å²) in [5, 5.41) is 0. The normalized spacial score (nSPS) is 13.4. The van der Waals surface area contributed by atoms with Crippen molar-refractivity contribution in [2.45, 2.75) is 39.0 Å². The van der Waals surface area contributed by atoms with Crippen LogP contribution < -0.4 is 0 Å². The van der Waals surface area contributed by atoms with Gasteiger partial charge in [0, 0.05) is 6.54 Å². The van der Waals surface area contributed by atoms with E-state index in [0.29, 0.717) is 13.0 Å². The molecule has 0 aliphatic rings. The summed E-state index contributed by atoms with van der Waals surface area (Å²) in [6.45, 7) is 2.92. The maximum absolute atomic E-state index is 12.4. The Morgan fingerprint density at radius 1 is 1.36 bits per heavy atom. The molecule has 0 radical (unpaired) electrons. The molecular weight excluding hydrogens is 335 g/mol. The average molecular weight is 357 g/mol. The summed E-state index contributed by atoms with van der Waals surface area (Å²) >= 11 is 0. The standard InChI is InChI=1S/C17H22F3N3O2/c1-12(22(3)11-17(18,19)20)16(24)25-10-6-9-23-13(2)21-14-7-4-5-8-15(14)23/h4-5,7-8,12H,6,9-11H2,1-3H3/t12-/m1/s1. The number of aromatic nitrogens is 2. The molecule has 5 nitrogen and oxygen atoms in total. The van der Waals surface area contributed by atoms with Crippen molar-refractivity contribution in [3.63, 3.8) is 0 Å². The molecule has 0 aliphatic carbocycles. The molecule has 2 aromatic rings. The molecule has 1 atom stereocenters. The highest BCUT2D eigenvalue weighted by Gasteiger charge is 2.33. The van der Waals surface area contributed by atoms with Crippen LogP contribution in [-0.4, -0.2) is 52.8 Å². The largest absolute Gasteiger partial charge is 0.464 e. The van der Waals surface area contributed by atoms with Crippen molar-refractivity contribution < 1.29 is 22.7 Å². The molecule has 0 aliphatic heterocycles. The first-order valence-corrected chi connectivity index (χ1v) is 8.04. The number of carbonyl (C=O) groups excluding carboxylic acids is 1. The van der Waals surface area contributed by atoms with Gasteiger partial charge < -0.3 is 9.30 Å². The molecule has 0 fully saturated rings. The van der Waals surface area contributed by atoms with Crippen molar-refractivity contribution in [3.8, 4) is 0 Å². The van der Waals surface area contributed by atoms with E-state index in [-0.39, 0.29) is 6.61 Å². The predicted octanol–water partition coefficient (Wildman–Crippen LogP) is 3.16. The van der Waals surface area contributed by atoms with Crippen molar-refractivity contribution >= 4 is 17.0 Å². The average Bonchev–Trinajstić information content (AvgIpc) is 2.84. The molecule has 8 heteroatoms. The molecule has 0 amide bonds. The molecule has 0 N–H and O–H groups in total. The minimum atomic E-state index is -4.34. The smallest absolute Gasteiger partial charge is 0.401 e. The molecule has 1 aromatic heterocycles. The van der Waals surface area contributed by atoms with Gasteiger partial charge in [0.2, 0.25) is 0 Å². The summed E-state index contributed by atoms with van der Waals surface area (Å²) < 4.78 is 44.2. The maximum Gasteiger partial charge on any atom is 0.401 e. The topological polar surface area (TPSA) is 47.4 Å². The van der Waals surface area contributed by atoms with E-state index >= 15 is 0 Å². The van der Waals surface area contributed by atoms with Crippen LogP contribution in [0.5, 0.6) is 0 Å². The van der Waals surface area contributed by atoms with Gasteiger partial charge in [0.1, 0.15) is 11.9 Å². The number of nitrogens with zero attached hydrogens (tertiary/aromatic N) is 3. The number of aryl methyl sites for hydroxylation is 2. The Balaban J connectivity index is 1.82. The quantitative estimate of drug-likeness (QED) is 0.564. The van der Waals surface area contributed by atoms with Crippen LogP contribution in [0.25, 0.3) is 11.0 Å². The lowest BCUT2D eigenvalue weighted by Gasteiger charge is -2.24. The number of benzene rings is 1. The third kappa shape index (κ3) is 5.19. The summed E-state index contributed by atoms with van der Waals surface area (Å²) in [5.74, 6) is 0.213. The number of fused-ring (bicyclic) bond motifs is 1. The Kier molecular flexibility index (Phi) is 6.05. The van der Waals surface area contributed by atoms with Crippen molar-refractivity contribution in [2.75, 3.05) is 20.2 Å². The summed E-state index contributed by atoms with van der Waals surface area (Å²) in [6.07, 6.45) is -3.79. The number of hydrogen-bond acceptors (Lipinski definition) is 4. The Labute approximate surface area is 144 Å². The SMILES string of the molecule is Cc1nc2ccccc2n1CCCOC(=O)[C@@H](C)N(C)CC(F)(F)F. The summed E-state index contributed by atoms with van der Waals surface area (Å²) in [4.78, 5) is 17.2. The first-order chi connectivity index (χ1) is 11.7. The second kappa shape index (κ2) is 7.86. The number of esters is 1. The highest BCUT2D eigenvalue weighted by Crippen LogP contribution is 2.18. The predicted molar refractivity (Wildman–Crippen MR) is 88.2 cm³/mol. The van der Waals surface area contributed by atoms with E-state index in [1.54, 1.807) is 0 Å². The van der Waals surface area contributed by atoms with Crippen molar-refractivity contribution in [2.24, 2.45) is 0 Å². The van der Waals surface area contributed by atoms with Crippen LogP contribution in [0.3, 0.4) is 0 Å². The minimum Gasteiger partial charge on any atom is -0.464 e. The van der Waals surface area contributed by atoms with Gasteiger partial charge in [0.15, 0.2) is 0 Å². The Morgan fingerprint density at radius 2 is 2.04 bits per heavy atom. The summed E-state index contributed by atoms with van der Waals surface area (Å²) in [6, 6.07) is 6.79. The van der Waals surface area contributed by atoms with Gasteiger partial charge in [-0.05, 0) is 39.4 Å². The number of likely N-dealkylation sites (N-methyl/N-ethyl adjacent to an activating group) is 1. The van der Waals surface area contributed by atoms with Gasteiger partial charge in [0.05, 0.1) is 24.2 Å². The zero-order valence-electron chi connectivity index (χ0n) is 14.5. The molecule has 0 saturated heterocycles. The number of imidazole rings is 1. The van der Waals surface area contributed by atoms with Crippen LogP contribution in [0.4, 0.5) is 13.2 Å². The lowest BCUT2D eigenvalue weighted by molar-refractivity contribution is -0.161. The Bertz CT molecular complexity index is 727. The molecule has 25 heavy (non-hydrogen) atoms. The second-order valence-electron chi connectivity index (χ2n) is 6.03. The van der Waals surface area contributed by atoms with E-state index < -0.39 is 24.7 Å². The van der Waals surface area contributed by atoms with Crippen molar-refractivity contribution in [1.29, 1.82) is 0 Å². The van der Waals surface area contributed by atoms with E-state index in [1.807, 2.05) is 35.8 Å². The van der Waals surface area contributed by atoms with E-state index in [1.165, 1.54) is 14.0 Å². The first kappa shape index (κ1) is 19.2. The zero-order valence-corrected chi connectivity index (χ0v) is 14.5. The van der Waals surface area contributed by atoms with Gasteiger partial charge in [-0.3, -0.25) is 9.69 Å². The Hall–Kier alpha value is -2.09. The van der Waals surface area contributed by atoms with Crippen LogP contribution in [0.1, 0.15) is 19.2 Å². The molecule has 0 saturated carbocycles. The monoisotopic (exact) mass is 357 g/mol. The molecule has 0 bridgehead atoms. The lowest BCUT2D eigenvalue weighted by Crippen LogP contribution is -2.42. The number of alkyl halides is 3. The van der Waals surface area contributed by atoms with Crippen LogP contribution in [0.2, 0.25) is 0 Å². The number of hydrogen-bond donors (Lipinski definition) is 0. The lowest BCUT2D eigenvalue weighted by atomic mass is 10.3. The number of carbonyl (C=O) groups is 1. The molecule has 2 rings (SSSR count). The zero-order chi connectivity index (χ0) is 18.6. The number of rotatable bonds is 7. The fourth-order valence-corrected chi connectivity index (χ4v) is 2.59. The van der Waals surface area contributed by atoms with Gasteiger partial charge in [0.25, 0.3) is 0 Å². The summed E-state index contributed by atoms with van der Waals surface area (Å²) in [7, 11) is 1.25. The van der Waals surface area contributed by atoms with Gasteiger partial charge in [-0.1, -0.05) is 12.1 Å². The van der Waals surface area contributed by atoms with Gasteiger partial charge in [-0.25, -0.2) is 4.98 Å². The van der Waals surface area contributed by atoms with Gasteiger partial charge in [-0.2, -0.15) is 13.2 Å². The van der Waals surface area contributed by atoms with Crippen molar-refractivity contribution in [3.05, 3.63) is 30.1 Å². The van der Waals surface area contributed by atoms with Crippen LogP contribution >= 0.6 is 0 Å². The van der Waals surface area contributed by atoms with E-state index in [0.717, 1.165) is 21.8 Å². The summed E-state index contributed by atoms with van der Waals surface area (Å²) in [5.41, 5.74) is 1.91. The Morgan fingerprint density at radius 3 is 2.72 bits per heavy atom. The highest BCUT2D eigenvalue weighted by molar-refractivity contribution is 5.76. The van der Waals surface area contributed by atoms with E-state index in [9.17, 15) is 18.0 Å². The fraction of sp³-hybridized carbons (Fsp3) is 0.529. The molecule has 1 aromatic carbocycles. The first-order valence-electron chi connectivity index (χ1n) is 8.04. The molecule has 0 unspecified atom stereocenters. The highest BCUT2D eigenvalue weighted by atomic mass is 19.4. The van der Waals surface area contributed by atoms with Gasteiger partial charge >= 0.3 is 12.1 Å². The van der Waals surface area contributed by atoms with Crippen molar-refractivity contribution in [1.82, 2.24) is 14.5 Å². The van der Waals surface area contributed by atoms with E-state index in [4.69, 9.17) is 4.74 Å². The minimum absolute atomic E-state index is 0.148. The third-order valence-corrected chi connectivity index (χ3v) is 4.05. The fourth-order valence-electron chi connectivity index (χ4n) is 2.59. The molecule has 0 spiro atoms. The van der Waals surface area contributed by atoms with Crippen LogP contribution in [0, 0.1) is 6.92 Å². The van der Waals surface area contributed by atoms with Crippen LogP contribution in [0.15, 0.2) is 24.3 Å². The van der Waals surface area contributed by atoms with E-state index in [2.05, 4.69) is 4.98 Å². The number of halogens is 3. The molecular formula is C17H22F3N3O2. The second-order valence-corrected chi connectivity index (χ2v) is 6.03. The maximum atomic E-state index is 12.4. The van der Waals surface area contributed by atoms with Gasteiger partial charge in [-0.15, -0.1) is 0 Å². The third-order valence-electron chi connectivity index (χ3n) is 4.05. The molecule has 138 valence electrons. The number of para-hydroxylation sites is 2. The molecule has 1 heterocycles.